The molecular weight excluding hydrogens is 452 g/mol. The Bertz CT molecular complexity index is 1510. The van der Waals surface area contributed by atoms with E-state index in [0.29, 0.717) is 28.1 Å². The van der Waals surface area contributed by atoms with Crippen LogP contribution in [0.1, 0.15) is 33.4 Å². The molecule has 0 aliphatic rings. The van der Waals surface area contributed by atoms with Crippen molar-refractivity contribution in [2.45, 2.75) is 12.0 Å². The summed E-state index contributed by atoms with van der Waals surface area (Å²) in [7, 11) is 1.58. The maximum atomic E-state index is 14.2. The monoisotopic (exact) mass is 477 g/mol. The zero-order valence-corrected chi connectivity index (χ0v) is 19.7. The average molecular weight is 478 g/mol. The summed E-state index contributed by atoms with van der Waals surface area (Å²) in [5, 5.41) is 2.81. The van der Waals surface area contributed by atoms with Crippen LogP contribution in [-0.4, -0.2) is 18.0 Å². The van der Waals surface area contributed by atoms with E-state index in [1.807, 2.05) is 108 Å². The highest BCUT2D eigenvalue weighted by atomic mass is 16.5. The van der Waals surface area contributed by atoms with Gasteiger partial charge in [0.1, 0.15) is 5.75 Å². The van der Waals surface area contributed by atoms with E-state index in [2.05, 4.69) is 5.16 Å². The Labute approximate surface area is 208 Å². The van der Waals surface area contributed by atoms with Crippen molar-refractivity contribution in [2.24, 2.45) is 0 Å². The number of rotatable bonds is 8. The molecule has 1 N–H and O–H groups in total. The number of pyridine rings is 1. The van der Waals surface area contributed by atoms with Crippen LogP contribution in [0.4, 0.5) is 0 Å². The molecule has 0 saturated heterocycles. The third-order valence-corrected chi connectivity index (χ3v) is 6.28. The summed E-state index contributed by atoms with van der Waals surface area (Å²) in [6.07, 6.45) is 3.68. The van der Waals surface area contributed by atoms with E-state index in [1.54, 1.807) is 19.2 Å². The lowest BCUT2D eigenvalue weighted by atomic mass is 9.80. The number of carbonyl (C=O) groups excluding carboxylic acids is 1. The van der Waals surface area contributed by atoms with Crippen molar-refractivity contribution in [1.82, 2.24) is 5.16 Å². The highest BCUT2D eigenvalue weighted by molar-refractivity contribution is 5.99. The second kappa shape index (κ2) is 10.3. The molecule has 2 heterocycles. The van der Waals surface area contributed by atoms with E-state index >= 15 is 0 Å². The molecule has 3 aromatic carbocycles. The van der Waals surface area contributed by atoms with Gasteiger partial charge in [-0.15, -0.1) is 0 Å². The summed E-state index contributed by atoms with van der Waals surface area (Å²) in [6, 6.07) is 30.9. The first-order chi connectivity index (χ1) is 17.7. The van der Waals surface area contributed by atoms with Crippen LogP contribution in [0.2, 0.25) is 0 Å². The fourth-order valence-corrected chi connectivity index (χ4v) is 4.65. The van der Waals surface area contributed by atoms with Gasteiger partial charge in [-0.2, -0.15) is 4.57 Å². The van der Waals surface area contributed by atoms with Gasteiger partial charge in [0.15, 0.2) is 12.4 Å². The van der Waals surface area contributed by atoms with Gasteiger partial charge < -0.3 is 9.26 Å². The van der Waals surface area contributed by atoms with E-state index in [0.717, 1.165) is 5.56 Å². The summed E-state index contributed by atoms with van der Waals surface area (Å²) in [4.78, 5) is 27.6. The van der Waals surface area contributed by atoms with E-state index < -0.39 is 17.6 Å². The van der Waals surface area contributed by atoms with E-state index in [-0.39, 0.29) is 5.78 Å². The van der Waals surface area contributed by atoms with Crippen molar-refractivity contribution in [3.8, 4) is 17.0 Å². The number of ketones is 1. The summed E-state index contributed by atoms with van der Waals surface area (Å²) < 4.78 is 12.9. The number of benzene rings is 3. The number of nitrogens with one attached hydrogen (secondary N) is 1. The lowest BCUT2D eigenvalue weighted by Gasteiger charge is -2.24. The molecule has 0 saturated carbocycles. The Morgan fingerprint density at radius 3 is 2.14 bits per heavy atom. The van der Waals surface area contributed by atoms with Crippen LogP contribution in [0, 0.1) is 0 Å². The summed E-state index contributed by atoms with van der Waals surface area (Å²) in [5.74, 6) is -0.286. The van der Waals surface area contributed by atoms with Crippen molar-refractivity contribution in [3.05, 3.63) is 143 Å². The van der Waals surface area contributed by atoms with Crippen LogP contribution in [0.3, 0.4) is 0 Å². The van der Waals surface area contributed by atoms with Gasteiger partial charge in [0.05, 0.1) is 24.3 Å². The van der Waals surface area contributed by atoms with Crippen molar-refractivity contribution < 1.29 is 18.6 Å². The molecule has 178 valence electrons. The SMILES string of the molecule is COc1ccccc1C(c1c(-c2ccccc2)[nH]oc1=O)C(C(=O)c1ccccc1)[n+]1ccccc1. The molecule has 0 fully saturated rings. The predicted octanol–water partition coefficient (Wildman–Crippen LogP) is 5.19. The zero-order valence-electron chi connectivity index (χ0n) is 19.7. The minimum atomic E-state index is -0.800. The Morgan fingerprint density at radius 2 is 1.44 bits per heavy atom. The lowest BCUT2D eigenvalue weighted by Crippen LogP contribution is -2.47. The molecule has 0 aliphatic heterocycles. The number of aromatic amines is 1. The number of aromatic nitrogens is 2. The molecule has 2 atom stereocenters. The van der Waals surface area contributed by atoms with E-state index in [4.69, 9.17) is 9.26 Å². The van der Waals surface area contributed by atoms with Crippen molar-refractivity contribution >= 4 is 5.78 Å². The third kappa shape index (κ3) is 4.36. The van der Waals surface area contributed by atoms with Crippen LogP contribution in [0.15, 0.2) is 125 Å². The lowest BCUT2D eigenvalue weighted by molar-refractivity contribution is -0.709. The Balaban J connectivity index is 1.82. The van der Waals surface area contributed by atoms with Gasteiger partial charge in [-0.1, -0.05) is 84.9 Å². The molecule has 2 aromatic heterocycles. The van der Waals surface area contributed by atoms with E-state index in [1.165, 1.54) is 0 Å². The predicted molar refractivity (Wildman–Crippen MR) is 136 cm³/mol. The van der Waals surface area contributed by atoms with Crippen molar-refractivity contribution in [2.75, 3.05) is 7.11 Å². The van der Waals surface area contributed by atoms with Crippen LogP contribution in [0.5, 0.6) is 5.75 Å². The number of carbonyl (C=O) groups is 1. The molecular formula is C30H25N2O4+. The Kier molecular flexibility index (Phi) is 6.58. The number of H-pyrrole nitrogens is 1. The topological polar surface area (TPSA) is 76.2 Å². The zero-order chi connectivity index (χ0) is 24.9. The van der Waals surface area contributed by atoms with Crippen molar-refractivity contribution in [3.63, 3.8) is 0 Å². The molecule has 0 radical (unpaired) electrons. The smallest absolute Gasteiger partial charge is 0.361 e. The number of methoxy groups -OCH3 is 1. The van der Waals surface area contributed by atoms with Gasteiger partial charge in [-0.3, -0.25) is 4.79 Å². The number of Topliss-reactive ketones (excluding diaryl/α,β-unsaturated/α-hetero) is 1. The highest BCUT2D eigenvalue weighted by Crippen LogP contribution is 2.41. The maximum Gasteiger partial charge on any atom is 0.361 e. The fourth-order valence-electron chi connectivity index (χ4n) is 4.65. The molecule has 6 heteroatoms. The number of hydrogen-bond acceptors (Lipinski definition) is 4. The molecule has 0 amide bonds. The first-order valence-corrected chi connectivity index (χ1v) is 11.6. The molecule has 0 bridgehead atoms. The molecule has 5 aromatic rings. The standard InChI is InChI=1S/C30H24N2O4/c1-35-24-18-10-9-17-23(24)25(26-27(31-36-30(26)34)21-13-5-2-6-14-21)28(32-19-11-4-12-20-32)29(33)22-15-7-3-8-16-22/h2-20,25,28H,1H3/p+1. The van der Waals surface area contributed by atoms with Gasteiger partial charge in [0.2, 0.25) is 11.8 Å². The second-order valence-corrected chi connectivity index (χ2v) is 8.36. The fraction of sp³-hybridized carbons (Fsp3) is 0.100. The number of ether oxygens (including phenoxy) is 1. The average Bonchev–Trinajstić information content (AvgIpc) is 3.33. The molecule has 0 aliphatic carbocycles. The number of nitrogens with zero attached hydrogens (tertiary/aromatic N) is 1. The minimum Gasteiger partial charge on any atom is -0.496 e. The largest absolute Gasteiger partial charge is 0.496 e. The van der Waals surface area contributed by atoms with Crippen LogP contribution in [-0.2, 0) is 0 Å². The van der Waals surface area contributed by atoms with E-state index in [9.17, 15) is 9.59 Å². The van der Waals surface area contributed by atoms with Crippen LogP contribution < -0.4 is 14.9 Å². The normalized spacial score (nSPS) is 12.6. The van der Waals surface area contributed by atoms with Crippen LogP contribution >= 0.6 is 0 Å². The Morgan fingerprint density at radius 1 is 0.833 bits per heavy atom. The number of para-hydroxylation sites is 1. The van der Waals surface area contributed by atoms with Crippen molar-refractivity contribution in [1.29, 1.82) is 0 Å². The van der Waals surface area contributed by atoms with Gasteiger partial charge in [-0.25, -0.2) is 9.95 Å². The second-order valence-electron chi connectivity index (χ2n) is 8.36. The first kappa shape index (κ1) is 23.1. The van der Waals surface area contributed by atoms with Gasteiger partial charge in [0.25, 0.3) is 0 Å². The maximum absolute atomic E-state index is 14.2. The van der Waals surface area contributed by atoms with Gasteiger partial charge in [-0.05, 0) is 6.07 Å². The highest BCUT2D eigenvalue weighted by Gasteiger charge is 2.44. The quantitative estimate of drug-likeness (QED) is 0.247. The molecule has 5 rings (SSSR count). The van der Waals surface area contributed by atoms with Gasteiger partial charge >= 0.3 is 5.63 Å². The molecule has 2 unspecified atom stereocenters. The summed E-state index contributed by atoms with van der Waals surface area (Å²) in [6.45, 7) is 0. The molecule has 0 spiro atoms. The Hall–Kier alpha value is -4.71. The van der Waals surface area contributed by atoms with Gasteiger partial charge in [0, 0.05) is 28.8 Å². The number of hydrogen-bond donors (Lipinski definition) is 1. The molecule has 36 heavy (non-hydrogen) atoms. The van der Waals surface area contributed by atoms with Crippen LogP contribution in [0.25, 0.3) is 11.3 Å². The first-order valence-electron chi connectivity index (χ1n) is 11.6. The summed E-state index contributed by atoms with van der Waals surface area (Å²) in [5.41, 5.74) is 2.37. The summed E-state index contributed by atoms with van der Waals surface area (Å²) >= 11 is 0. The third-order valence-electron chi connectivity index (χ3n) is 6.28. The minimum absolute atomic E-state index is 0.137. The molecule has 6 nitrogen and oxygen atoms in total.